The van der Waals surface area contributed by atoms with Gasteiger partial charge in [0, 0.05) is 19.0 Å². The summed E-state index contributed by atoms with van der Waals surface area (Å²) in [7, 11) is 2.15. The first-order valence-electron chi connectivity index (χ1n) is 6.05. The largest absolute Gasteiger partial charge is 0.305 e. The first kappa shape index (κ1) is 12.7. The van der Waals surface area contributed by atoms with E-state index < -0.39 is 0 Å². The molecule has 0 aromatic heterocycles. The van der Waals surface area contributed by atoms with E-state index in [-0.39, 0.29) is 0 Å². The van der Waals surface area contributed by atoms with Crippen LogP contribution in [0.25, 0.3) is 0 Å². The Kier molecular flexibility index (Phi) is 5.26. The molecule has 0 aliphatic carbocycles. The highest BCUT2D eigenvalue weighted by Crippen LogP contribution is 2.08. The number of nitrogens with zero attached hydrogens (tertiary/aromatic N) is 1. The van der Waals surface area contributed by atoms with Gasteiger partial charge in [-0.05, 0) is 25.9 Å². The maximum atomic E-state index is 11.1. The summed E-state index contributed by atoms with van der Waals surface area (Å²) in [5, 5.41) is 3.25. The number of hydrogen-bond acceptors (Lipinski definition) is 3. The number of Topliss-reactive ketones (excluding diaryl/α,β-unsaturated/α-hetero) is 1. The number of likely N-dealkylation sites (N-methyl/N-ethyl adjacent to an activating group) is 1. The number of carbonyl (C=O) groups excluding carboxylic acids is 1. The number of hydrogen-bond donors (Lipinski definition) is 1. The molecule has 0 aromatic carbocycles. The van der Waals surface area contributed by atoms with Crippen molar-refractivity contribution >= 4 is 5.78 Å². The quantitative estimate of drug-likeness (QED) is 0.720. The van der Waals surface area contributed by atoms with Crippen molar-refractivity contribution in [2.75, 3.05) is 26.7 Å². The van der Waals surface area contributed by atoms with Gasteiger partial charge in [0.05, 0.1) is 6.54 Å². The second kappa shape index (κ2) is 6.23. The standard InChI is InChI=1S/C12H24N2O/c1-4-10(2)5-6-14(3)9-11-7-12(15)8-13-11/h10-11,13H,4-9H2,1-3H3. The summed E-state index contributed by atoms with van der Waals surface area (Å²) in [5.41, 5.74) is 0. The molecule has 0 amide bonds. The van der Waals surface area contributed by atoms with E-state index in [1.807, 2.05) is 0 Å². The van der Waals surface area contributed by atoms with E-state index in [0.717, 1.165) is 19.0 Å². The molecule has 1 aliphatic heterocycles. The van der Waals surface area contributed by atoms with Crippen LogP contribution in [0.15, 0.2) is 0 Å². The summed E-state index contributed by atoms with van der Waals surface area (Å²) >= 11 is 0. The van der Waals surface area contributed by atoms with E-state index in [1.165, 1.54) is 12.8 Å². The molecule has 1 fully saturated rings. The van der Waals surface area contributed by atoms with Gasteiger partial charge in [0.15, 0.2) is 0 Å². The highest BCUT2D eigenvalue weighted by Gasteiger charge is 2.22. The fourth-order valence-corrected chi connectivity index (χ4v) is 1.92. The average molecular weight is 212 g/mol. The molecular formula is C12H24N2O. The molecule has 1 aliphatic rings. The number of nitrogens with one attached hydrogen (secondary N) is 1. The van der Waals surface area contributed by atoms with E-state index in [0.29, 0.717) is 24.8 Å². The van der Waals surface area contributed by atoms with Gasteiger partial charge in [-0.1, -0.05) is 20.3 Å². The highest BCUT2D eigenvalue weighted by molar-refractivity contribution is 5.83. The molecule has 15 heavy (non-hydrogen) atoms. The molecule has 1 heterocycles. The monoisotopic (exact) mass is 212 g/mol. The van der Waals surface area contributed by atoms with Gasteiger partial charge < -0.3 is 10.2 Å². The molecule has 0 spiro atoms. The minimum atomic E-state index is 0.357. The van der Waals surface area contributed by atoms with Crippen molar-refractivity contribution in [1.29, 1.82) is 0 Å². The van der Waals surface area contributed by atoms with Gasteiger partial charge in [0.2, 0.25) is 0 Å². The summed E-state index contributed by atoms with van der Waals surface area (Å²) in [6.07, 6.45) is 3.23. The molecule has 0 saturated carbocycles. The van der Waals surface area contributed by atoms with E-state index in [1.54, 1.807) is 0 Å². The van der Waals surface area contributed by atoms with Gasteiger partial charge in [-0.2, -0.15) is 0 Å². The third-order valence-corrected chi connectivity index (χ3v) is 3.29. The first-order valence-corrected chi connectivity index (χ1v) is 6.05. The van der Waals surface area contributed by atoms with Crippen LogP contribution in [0.5, 0.6) is 0 Å². The lowest BCUT2D eigenvalue weighted by Crippen LogP contribution is -2.36. The third-order valence-electron chi connectivity index (χ3n) is 3.29. The molecule has 2 unspecified atom stereocenters. The fourth-order valence-electron chi connectivity index (χ4n) is 1.92. The normalized spacial score (nSPS) is 23.7. The summed E-state index contributed by atoms with van der Waals surface area (Å²) in [6.45, 7) is 7.25. The van der Waals surface area contributed by atoms with Crippen molar-refractivity contribution in [3.63, 3.8) is 0 Å². The highest BCUT2D eigenvalue weighted by atomic mass is 16.1. The Balaban J connectivity index is 2.12. The molecule has 3 heteroatoms. The van der Waals surface area contributed by atoms with Gasteiger partial charge in [0.1, 0.15) is 5.78 Å². The second-order valence-corrected chi connectivity index (χ2v) is 4.88. The summed E-state index contributed by atoms with van der Waals surface area (Å²) in [5.74, 6) is 1.17. The maximum Gasteiger partial charge on any atom is 0.148 e. The van der Waals surface area contributed by atoms with Crippen LogP contribution in [0.1, 0.15) is 33.1 Å². The van der Waals surface area contributed by atoms with Gasteiger partial charge >= 0.3 is 0 Å². The van der Waals surface area contributed by atoms with Gasteiger partial charge in [-0.15, -0.1) is 0 Å². The Morgan fingerprint density at radius 3 is 2.87 bits per heavy atom. The predicted molar refractivity (Wildman–Crippen MR) is 63.0 cm³/mol. The maximum absolute atomic E-state index is 11.1. The van der Waals surface area contributed by atoms with Crippen LogP contribution < -0.4 is 5.32 Å². The van der Waals surface area contributed by atoms with Gasteiger partial charge in [-0.3, -0.25) is 4.79 Å². The van der Waals surface area contributed by atoms with Crippen LogP contribution in [0.4, 0.5) is 0 Å². The Hall–Kier alpha value is -0.410. The van der Waals surface area contributed by atoms with Crippen molar-refractivity contribution in [3.05, 3.63) is 0 Å². The average Bonchev–Trinajstić information content (AvgIpc) is 2.60. The minimum Gasteiger partial charge on any atom is -0.305 e. The Morgan fingerprint density at radius 2 is 2.33 bits per heavy atom. The predicted octanol–water partition coefficient (Wildman–Crippen LogP) is 1.29. The zero-order chi connectivity index (χ0) is 11.3. The van der Waals surface area contributed by atoms with Crippen LogP contribution in [-0.4, -0.2) is 43.4 Å². The SMILES string of the molecule is CCC(C)CCN(C)CC1CC(=O)CN1. The number of carbonyl (C=O) groups is 1. The second-order valence-electron chi connectivity index (χ2n) is 4.88. The van der Waals surface area contributed by atoms with Crippen LogP contribution in [-0.2, 0) is 4.79 Å². The zero-order valence-electron chi connectivity index (χ0n) is 10.3. The molecule has 0 aromatic rings. The number of rotatable bonds is 6. The fraction of sp³-hybridized carbons (Fsp3) is 0.917. The van der Waals surface area contributed by atoms with Crippen molar-refractivity contribution in [1.82, 2.24) is 10.2 Å². The van der Waals surface area contributed by atoms with E-state index in [2.05, 4.69) is 31.1 Å². The molecule has 0 radical (unpaired) electrons. The summed E-state index contributed by atoms with van der Waals surface area (Å²) < 4.78 is 0. The van der Waals surface area contributed by atoms with Crippen molar-refractivity contribution in [2.24, 2.45) is 5.92 Å². The topological polar surface area (TPSA) is 32.3 Å². The summed E-state index contributed by atoms with van der Waals surface area (Å²) in [4.78, 5) is 13.4. The zero-order valence-corrected chi connectivity index (χ0v) is 10.3. The first-order chi connectivity index (χ1) is 7.11. The van der Waals surface area contributed by atoms with Crippen LogP contribution in [0.2, 0.25) is 0 Å². The lowest BCUT2D eigenvalue weighted by Gasteiger charge is -2.21. The smallest absolute Gasteiger partial charge is 0.148 e. The summed E-state index contributed by atoms with van der Waals surface area (Å²) in [6, 6.07) is 0.388. The Morgan fingerprint density at radius 1 is 1.60 bits per heavy atom. The van der Waals surface area contributed by atoms with Gasteiger partial charge in [-0.25, -0.2) is 0 Å². The molecule has 2 atom stereocenters. The van der Waals surface area contributed by atoms with Crippen molar-refractivity contribution in [2.45, 2.75) is 39.2 Å². The molecular weight excluding hydrogens is 188 g/mol. The molecule has 1 saturated heterocycles. The van der Waals surface area contributed by atoms with E-state index in [9.17, 15) is 4.79 Å². The minimum absolute atomic E-state index is 0.357. The molecule has 88 valence electrons. The van der Waals surface area contributed by atoms with E-state index >= 15 is 0 Å². The van der Waals surface area contributed by atoms with Crippen molar-refractivity contribution in [3.8, 4) is 0 Å². The van der Waals surface area contributed by atoms with Crippen LogP contribution in [0, 0.1) is 5.92 Å². The molecule has 1 N–H and O–H groups in total. The Bertz CT molecular complexity index is 206. The van der Waals surface area contributed by atoms with E-state index in [4.69, 9.17) is 0 Å². The third kappa shape index (κ3) is 4.76. The molecule has 1 rings (SSSR count). The van der Waals surface area contributed by atoms with Gasteiger partial charge in [0.25, 0.3) is 0 Å². The lowest BCUT2D eigenvalue weighted by atomic mass is 10.1. The van der Waals surface area contributed by atoms with Crippen molar-refractivity contribution < 1.29 is 4.79 Å². The lowest BCUT2D eigenvalue weighted by molar-refractivity contribution is -0.116. The Labute approximate surface area is 93.2 Å². The van der Waals surface area contributed by atoms with Crippen LogP contribution >= 0.6 is 0 Å². The number of ketones is 1. The molecule has 3 nitrogen and oxygen atoms in total. The van der Waals surface area contributed by atoms with Crippen LogP contribution in [0.3, 0.4) is 0 Å². The molecule has 0 bridgehead atoms.